The summed E-state index contributed by atoms with van der Waals surface area (Å²) in [6.45, 7) is 4.06. The van der Waals surface area contributed by atoms with E-state index in [1.807, 2.05) is 6.92 Å². The Balaban J connectivity index is 1.99. The topological polar surface area (TPSA) is 62.2 Å². The first-order valence-electron chi connectivity index (χ1n) is 6.07. The van der Waals surface area contributed by atoms with Gasteiger partial charge in [0.2, 0.25) is 0 Å². The molecular weight excluding hydrogens is 268 g/mol. The molecule has 0 radical (unpaired) electrons. The van der Waals surface area contributed by atoms with Gasteiger partial charge in [0, 0.05) is 10.7 Å². The monoisotopic (exact) mass is 283 g/mol. The molecule has 6 heteroatoms. The van der Waals surface area contributed by atoms with Crippen molar-refractivity contribution < 1.29 is 14.3 Å². The number of aryl methyl sites for hydroxylation is 1. The Morgan fingerprint density at radius 2 is 2.00 bits per heavy atom. The van der Waals surface area contributed by atoms with Gasteiger partial charge in [-0.05, 0) is 24.6 Å². The predicted octanol–water partition coefficient (Wildman–Crippen LogP) is 0.957. The van der Waals surface area contributed by atoms with Crippen molar-refractivity contribution in [3.8, 4) is 0 Å². The van der Waals surface area contributed by atoms with Crippen LogP contribution >= 0.6 is 11.6 Å². The Morgan fingerprint density at radius 3 is 2.63 bits per heavy atom. The first kappa shape index (κ1) is 13.8. The number of benzene rings is 1. The van der Waals surface area contributed by atoms with Gasteiger partial charge in [0.1, 0.15) is 0 Å². The van der Waals surface area contributed by atoms with Crippen LogP contribution in [0.25, 0.3) is 0 Å². The number of anilines is 1. The van der Waals surface area contributed by atoms with Crippen molar-refractivity contribution in [2.45, 2.75) is 6.92 Å². The van der Waals surface area contributed by atoms with E-state index >= 15 is 0 Å². The molecular formula is C13H16ClN2O3+. The average Bonchev–Trinajstić information content (AvgIpc) is 2.43. The molecule has 1 fully saturated rings. The number of rotatable bonds is 1. The summed E-state index contributed by atoms with van der Waals surface area (Å²) in [5.41, 5.74) is 1.44. The molecule has 0 aliphatic carbocycles. The van der Waals surface area contributed by atoms with Gasteiger partial charge >= 0.3 is 11.8 Å². The number of amides is 2. The zero-order valence-electron chi connectivity index (χ0n) is 10.6. The Labute approximate surface area is 116 Å². The van der Waals surface area contributed by atoms with Crippen molar-refractivity contribution in [3.63, 3.8) is 0 Å². The summed E-state index contributed by atoms with van der Waals surface area (Å²) in [5, 5.41) is 3.12. The van der Waals surface area contributed by atoms with Crippen molar-refractivity contribution in [2.24, 2.45) is 0 Å². The maximum Gasteiger partial charge on any atom is 0.313 e. The van der Waals surface area contributed by atoms with Gasteiger partial charge in [-0.1, -0.05) is 17.7 Å². The van der Waals surface area contributed by atoms with Crippen LogP contribution in [-0.2, 0) is 9.59 Å². The Bertz CT molecular complexity index is 499. The minimum Gasteiger partial charge on any atom is -0.431 e. The molecule has 0 bridgehead atoms. The highest BCUT2D eigenvalue weighted by molar-refractivity contribution is 6.39. The Morgan fingerprint density at radius 1 is 1.32 bits per heavy atom. The van der Waals surface area contributed by atoms with Crippen LogP contribution < -0.4 is 5.32 Å². The lowest BCUT2D eigenvalue weighted by atomic mass is 10.2. The Hall–Kier alpha value is -1.59. The zero-order valence-corrected chi connectivity index (χ0v) is 11.4. The summed E-state index contributed by atoms with van der Waals surface area (Å²) >= 11 is 5.97. The molecule has 1 heterocycles. The van der Waals surface area contributed by atoms with Crippen LogP contribution in [0, 0.1) is 6.92 Å². The van der Waals surface area contributed by atoms with Gasteiger partial charge in [0.15, 0.2) is 13.2 Å². The summed E-state index contributed by atoms with van der Waals surface area (Å²) in [5.74, 6) is -1.16. The molecule has 1 saturated heterocycles. The van der Waals surface area contributed by atoms with Crippen LogP contribution in [0.1, 0.15) is 5.56 Å². The fraction of sp³-hybridized carbons (Fsp3) is 0.385. The number of hydrogen-bond acceptors (Lipinski definition) is 2. The van der Waals surface area contributed by atoms with E-state index in [0.717, 1.165) is 5.56 Å². The van der Waals surface area contributed by atoms with Crippen molar-refractivity contribution in [1.82, 2.24) is 4.90 Å². The average molecular weight is 284 g/mol. The van der Waals surface area contributed by atoms with E-state index in [1.54, 1.807) is 18.2 Å². The second-order valence-corrected chi connectivity index (χ2v) is 4.79. The summed E-state index contributed by atoms with van der Waals surface area (Å²) in [6.07, 6.45) is 0. The lowest BCUT2D eigenvalue weighted by Crippen LogP contribution is -2.46. The van der Waals surface area contributed by atoms with Gasteiger partial charge in [0.05, 0.1) is 13.1 Å². The molecule has 2 amide bonds. The number of morpholine rings is 1. The van der Waals surface area contributed by atoms with Crippen molar-refractivity contribution in [1.29, 1.82) is 0 Å². The molecule has 1 aromatic rings. The van der Waals surface area contributed by atoms with E-state index < -0.39 is 11.8 Å². The van der Waals surface area contributed by atoms with Crippen LogP contribution in [0.15, 0.2) is 18.2 Å². The largest absolute Gasteiger partial charge is 0.431 e. The second-order valence-electron chi connectivity index (χ2n) is 4.38. The van der Waals surface area contributed by atoms with E-state index in [9.17, 15) is 9.59 Å². The lowest BCUT2D eigenvalue weighted by molar-refractivity contribution is -0.152. The standard InChI is InChI=1S/C13H15ClN2O3/c1-9-2-3-10(8-11(9)14)15-12(17)13(18)16-4-6-19-7-5-16/h2-3,8H,4-7H2,1H3,(H,15,17)/p+1. The highest BCUT2D eigenvalue weighted by Crippen LogP contribution is 2.19. The number of halogens is 1. The highest BCUT2D eigenvalue weighted by Gasteiger charge is 2.25. The molecule has 0 unspecified atom stereocenters. The SMILES string of the molecule is Cc1ccc(NC(=O)C(=O)N2CC[OH+]CC2)cc1Cl. The molecule has 0 spiro atoms. The molecule has 2 rings (SSSR count). The van der Waals surface area contributed by atoms with Crippen LogP contribution in [0.5, 0.6) is 0 Å². The van der Waals surface area contributed by atoms with Gasteiger partial charge in [-0.3, -0.25) is 9.59 Å². The van der Waals surface area contributed by atoms with Crippen molar-refractivity contribution in [2.75, 3.05) is 31.6 Å². The number of ether oxygens (including phenoxy) is 1. The van der Waals surface area contributed by atoms with E-state index in [1.165, 1.54) is 4.90 Å². The molecule has 1 aliphatic heterocycles. The number of nitrogens with one attached hydrogen (secondary N) is 1. The van der Waals surface area contributed by atoms with Crippen LogP contribution in [0.3, 0.4) is 0 Å². The predicted molar refractivity (Wildman–Crippen MR) is 73.4 cm³/mol. The third-order valence-electron chi connectivity index (χ3n) is 2.97. The van der Waals surface area contributed by atoms with Gasteiger partial charge in [-0.15, -0.1) is 0 Å². The van der Waals surface area contributed by atoms with Gasteiger partial charge < -0.3 is 15.0 Å². The Kier molecular flexibility index (Phi) is 4.39. The summed E-state index contributed by atoms with van der Waals surface area (Å²) in [6, 6.07) is 5.15. The smallest absolute Gasteiger partial charge is 0.313 e. The minimum absolute atomic E-state index is 0.501. The van der Waals surface area contributed by atoms with E-state index in [0.29, 0.717) is 37.0 Å². The minimum atomic E-state index is -0.637. The van der Waals surface area contributed by atoms with E-state index in [4.69, 9.17) is 11.6 Å². The number of hydrogen-bond donors (Lipinski definition) is 1. The van der Waals surface area contributed by atoms with E-state index in [2.05, 4.69) is 10.1 Å². The summed E-state index contributed by atoms with van der Waals surface area (Å²) < 4.78 is 4.13. The third-order valence-corrected chi connectivity index (χ3v) is 3.37. The third kappa shape index (κ3) is 3.45. The number of aliphatic hydroxyl groups is 2. The van der Waals surface area contributed by atoms with Crippen molar-refractivity contribution in [3.05, 3.63) is 28.8 Å². The van der Waals surface area contributed by atoms with Crippen LogP contribution in [-0.4, -0.2) is 47.8 Å². The first-order valence-corrected chi connectivity index (χ1v) is 6.45. The summed E-state index contributed by atoms with van der Waals surface area (Å²) in [4.78, 5) is 25.2. The van der Waals surface area contributed by atoms with Crippen LogP contribution in [0.2, 0.25) is 5.02 Å². The molecule has 5 nitrogen and oxygen atoms in total. The van der Waals surface area contributed by atoms with Gasteiger partial charge in [-0.25, -0.2) is 0 Å². The zero-order chi connectivity index (χ0) is 13.8. The van der Waals surface area contributed by atoms with Crippen LogP contribution in [0.4, 0.5) is 5.69 Å². The van der Waals surface area contributed by atoms with Gasteiger partial charge in [0.25, 0.3) is 0 Å². The number of nitrogens with zero attached hydrogens (tertiary/aromatic N) is 1. The molecule has 102 valence electrons. The molecule has 2 N–H and O–H groups in total. The first-order chi connectivity index (χ1) is 9.08. The molecule has 1 aliphatic rings. The van der Waals surface area contributed by atoms with Crippen molar-refractivity contribution >= 4 is 29.1 Å². The highest BCUT2D eigenvalue weighted by atomic mass is 35.5. The fourth-order valence-corrected chi connectivity index (χ4v) is 1.99. The number of carbonyl (C=O) groups is 2. The molecule has 0 saturated carbocycles. The second kappa shape index (κ2) is 6.04. The maximum absolute atomic E-state index is 11.9. The fourth-order valence-electron chi connectivity index (χ4n) is 1.81. The maximum atomic E-state index is 11.9. The van der Waals surface area contributed by atoms with E-state index in [-0.39, 0.29) is 0 Å². The molecule has 19 heavy (non-hydrogen) atoms. The molecule has 0 aromatic heterocycles. The lowest BCUT2D eigenvalue weighted by Gasteiger charge is -2.23. The number of carbonyl (C=O) groups excluding carboxylic acids is 2. The normalized spacial score (nSPS) is 15.2. The van der Waals surface area contributed by atoms with Gasteiger partial charge in [-0.2, -0.15) is 0 Å². The summed E-state index contributed by atoms with van der Waals surface area (Å²) in [7, 11) is 0. The molecule has 1 aromatic carbocycles. The molecule has 0 atom stereocenters. The quantitative estimate of drug-likeness (QED) is 0.616.